The van der Waals surface area contributed by atoms with Gasteiger partial charge >= 0.3 is 0 Å². The van der Waals surface area contributed by atoms with Crippen LogP contribution in [0.1, 0.15) is 23.4 Å². The molecule has 0 radical (unpaired) electrons. The summed E-state index contributed by atoms with van der Waals surface area (Å²) >= 11 is 0. The van der Waals surface area contributed by atoms with Crippen molar-refractivity contribution in [1.29, 1.82) is 0 Å². The lowest BCUT2D eigenvalue weighted by Crippen LogP contribution is -2.53. The topological polar surface area (TPSA) is 86.0 Å². The minimum absolute atomic E-state index is 0.0481. The molecule has 0 bridgehead atoms. The van der Waals surface area contributed by atoms with Crippen molar-refractivity contribution in [3.05, 3.63) is 48.6 Å². The molecular weight excluding hydrogens is 356 g/mol. The van der Waals surface area contributed by atoms with Gasteiger partial charge in [0.1, 0.15) is 5.82 Å². The molecule has 0 spiro atoms. The van der Waals surface area contributed by atoms with E-state index in [4.69, 9.17) is 4.42 Å². The van der Waals surface area contributed by atoms with Gasteiger partial charge in [-0.1, -0.05) is 6.07 Å². The van der Waals surface area contributed by atoms with Gasteiger partial charge in [-0.2, -0.15) is 0 Å². The van der Waals surface area contributed by atoms with Crippen LogP contribution < -0.4 is 10.6 Å². The molecule has 2 aromatic rings. The maximum atomic E-state index is 12.3. The molecule has 0 aliphatic carbocycles. The monoisotopic (exact) mass is 384 g/mol. The minimum atomic E-state index is -0.0481. The molecule has 3 heterocycles. The Kier molecular flexibility index (Phi) is 7.29. The van der Waals surface area contributed by atoms with Gasteiger partial charge in [0, 0.05) is 52.5 Å². The van der Waals surface area contributed by atoms with Crippen molar-refractivity contribution in [3.8, 4) is 0 Å². The first kappa shape index (κ1) is 19.7. The van der Waals surface area contributed by atoms with Crippen molar-refractivity contribution >= 4 is 17.7 Å². The van der Waals surface area contributed by atoms with E-state index in [-0.39, 0.29) is 5.91 Å². The molecule has 1 aliphatic heterocycles. The fraction of sp³-hybridized carbons (Fsp3) is 0.450. The van der Waals surface area contributed by atoms with Crippen molar-refractivity contribution in [2.45, 2.75) is 12.8 Å². The first-order chi connectivity index (χ1) is 13.8. The lowest BCUT2D eigenvalue weighted by molar-refractivity contribution is 0.0658. The number of piperazine rings is 1. The average molecular weight is 384 g/mol. The summed E-state index contributed by atoms with van der Waals surface area (Å²) in [7, 11) is 1.80. The van der Waals surface area contributed by atoms with E-state index in [1.807, 2.05) is 23.1 Å². The van der Waals surface area contributed by atoms with Crippen LogP contribution in [0, 0.1) is 0 Å². The summed E-state index contributed by atoms with van der Waals surface area (Å²) in [6.07, 6.45) is 5.40. The third-order valence-corrected chi connectivity index (χ3v) is 4.67. The number of unbranched alkanes of at least 4 members (excludes halogenated alkanes) is 1. The molecule has 3 rings (SSSR count). The van der Waals surface area contributed by atoms with Gasteiger partial charge in [0.25, 0.3) is 5.91 Å². The smallest absolute Gasteiger partial charge is 0.289 e. The highest BCUT2D eigenvalue weighted by Gasteiger charge is 2.24. The zero-order chi connectivity index (χ0) is 19.6. The number of aliphatic imine (C=N–C) groups is 1. The van der Waals surface area contributed by atoms with Gasteiger partial charge in [-0.25, -0.2) is 4.98 Å². The Morgan fingerprint density at radius 2 is 1.89 bits per heavy atom. The molecule has 1 aliphatic rings. The summed E-state index contributed by atoms with van der Waals surface area (Å²) in [5.74, 6) is 2.15. The standard InChI is InChI=1S/C20H28N6O2/c1-21-20(24-11-5-4-10-23-18-8-2-3-9-22-18)26-14-12-25(13-15-26)19(27)17-7-6-16-28-17/h2-3,6-9,16H,4-5,10-15H2,1H3,(H,21,24)(H,22,23). The molecule has 0 saturated carbocycles. The van der Waals surface area contributed by atoms with E-state index >= 15 is 0 Å². The van der Waals surface area contributed by atoms with Gasteiger partial charge in [-0.05, 0) is 37.1 Å². The molecule has 8 heteroatoms. The molecule has 0 atom stereocenters. The van der Waals surface area contributed by atoms with Crippen LogP contribution in [-0.2, 0) is 0 Å². The molecular formula is C20H28N6O2. The van der Waals surface area contributed by atoms with Crippen LogP contribution in [0.15, 0.2) is 52.2 Å². The Bertz CT molecular complexity index is 739. The van der Waals surface area contributed by atoms with Gasteiger partial charge in [0.05, 0.1) is 6.26 Å². The van der Waals surface area contributed by atoms with E-state index < -0.39 is 0 Å². The number of carbonyl (C=O) groups excluding carboxylic acids is 1. The summed E-state index contributed by atoms with van der Waals surface area (Å²) in [5.41, 5.74) is 0. The van der Waals surface area contributed by atoms with E-state index in [1.54, 1.807) is 25.4 Å². The van der Waals surface area contributed by atoms with Crippen LogP contribution in [-0.4, -0.2) is 73.0 Å². The Morgan fingerprint density at radius 1 is 1.11 bits per heavy atom. The summed E-state index contributed by atoms with van der Waals surface area (Å²) in [6, 6.07) is 9.30. The van der Waals surface area contributed by atoms with Crippen LogP contribution in [0.25, 0.3) is 0 Å². The maximum Gasteiger partial charge on any atom is 0.289 e. The maximum absolute atomic E-state index is 12.3. The summed E-state index contributed by atoms with van der Waals surface area (Å²) in [6.45, 7) is 4.59. The van der Waals surface area contributed by atoms with Crippen molar-refractivity contribution in [3.63, 3.8) is 0 Å². The van der Waals surface area contributed by atoms with E-state index in [0.717, 1.165) is 50.8 Å². The first-order valence-electron chi connectivity index (χ1n) is 9.71. The number of amides is 1. The molecule has 8 nitrogen and oxygen atoms in total. The van der Waals surface area contributed by atoms with Gasteiger partial charge in [0.15, 0.2) is 11.7 Å². The normalized spacial score (nSPS) is 14.8. The van der Waals surface area contributed by atoms with Crippen molar-refractivity contribution < 1.29 is 9.21 Å². The fourth-order valence-corrected chi connectivity index (χ4v) is 3.14. The Morgan fingerprint density at radius 3 is 2.57 bits per heavy atom. The summed E-state index contributed by atoms with van der Waals surface area (Å²) < 4.78 is 5.21. The third-order valence-electron chi connectivity index (χ3n) is 4.67. The number of guanidine groups is 1. The lowest BCUT2D eigenvalue weighted by atomic mass is 10.3. The summed E-state index contributed by atoms with van der Waals surface area (Å²) in [4.78, 5) is 25.0. The van der Waals surface area contributed by atoms with Crippen LogP contribution in [0.2, 0.25) is 0 Å². The largest absolute Gasteiger partial charge is 0.459 e. The van der Waals surface area contributed by atoms with E-state index in [2.05, 4.69) is 25.5 Å². The van der Waals surface area contributed by atoms with Gasteiger partial charge in [-0.3, -0.25) is 9.79 Å². The number of furan rings is 1. The van der Waals surface area contributed by atoms with Crippen LogP contribution in [0.5, 0.6) is 0 Å². The molecule has 2 N–H and O–H groups in total. The molecule has 0 aromatic carbocycles. The number of pyridine rings is 1. The zero-order valence-electron chi connectivity index (χ0n) is 16.3. The summed E-state index contributed by atoms with van der Waals surface area (Å²) in [5, 5.41) is 6.73. The van der Waals surface area contributed by atoms with Gasteiger partial charge in [-0.15, -0.1) is 0 Å². The molecule has 1 amide bonds. The predicted octanol–water partition coefficient (Wildman–Crippen LogP) is 1.90. The first-order valence-corrected chi connectivity index (χ1v) is 9.71. The molecule has 2 aromatic heterocycles. The van der Waals surface area contributed by atoms with Gasteiger partial charge < -0.3 is 24.9 Å². The lowest BCUT2D eigenvalue weighted by Gasteiger charge is -2.36. The van der Waals surface area contributed by atoms with Crippen LogP contribution in [0.4, 0.5) is 5.82 Å². The second kappa shape index (κ2) is 10.3. The Balaban J connectivity index is 1.33. The zero-order valence-corrected chi connectivity index (χ0v) is 16.3. The highest BCUT2D eigenvalue weighted by molar-refractivity contribution is 5.91. The molecule has 150 valence electrons. The average Bonchev–Trinajstić information content (AvgIpc) is 3.29. The van der Waals surface area contributed by atoms with Crippen molar-refractivity contribution in [2.24, 2.45) is 4.99 Å². The number of carbonyl (C=O) groups is 1. The van der Waals surface area contributed by atoms with Crippen LogP contribution in [0.3, 0.4) is 0 Å². The molecule has 1 saturated heterocycles. The van der Waals surface area contributed by atoms with E-state index in [9.17, 15) is 4.79 Å². The highest BCUT2D eigenvalue weighted by Crippen LogP contribution is 2.09. The molecule has 1 fully saturated rings. The Hall–Kier alpha value is -3.03. The van der Waals surface area contributed by atoms with Crippen molar-refractivity contribution in [1.82, 2.24) is 20.1 Å². The number of anilines is 1. The predicted molar refractivity (Wildman–Crippen MR) is 110 cm³/mol. The third kappa shape index (κ3) is 5.48. The van der Waals surface area contributed by atoms with Gasteiger partial charge in [0.2, 0.25) is 0 Å². The molecule has 0 unspecified atom stereocenters. The number of nitrogens with zero attached hydrogens (tertiary/aromatic N) is 4. The highest BCUT2D eigenvalue weighted by atomic mass is 16.3. The van der Waals surface area contributed by atoms with Crippen molar-refractivity contribution in [2.75, 3.05) is 51.6 Å². The number of rotatable bonds is 7. The van der Waals surface area contributed by atoms with E-state index in [0.29, 0.717) is 18.8 Å². The SMILES string of the molecule is CN=C(NCCCCNc1ccccn1)N1CCN(C(=O)c2ccco2)CC1. The second-order valence-corrected chi connectivity index (χ2v) is 6.58. The number of nitrogens with one attached hydrogen (secondary N) is 2. The fourth-order valence-electron chi connectivity index (χ4n) is 3.14. The quantitative estimate of drug-likeness (QED) is 0.431. The second-order valence-electron chi connectivity index (χ2n) is 6.58. The number of hydrogen-bond donors (Lipinski definition) is 2. The molecule has 28 heavy (non-hydrogen) atoms. The minimum Gasteiger partial charge on any atom is -0.459 e. The Labute approximate surface area is 165 Å². The number of hydrogen-bond acceptors (Lipinski definition) is 5. The van der Waals surface area contributed by atoms with Crippen LogP contribution >= 0.6 is 0 Å². The van der Waals surface area contributed by atoms with E-state index in [1.165, 1.54) is 6.26 Å². The number of aromatic nitrogens is 1.